The van der Waals surface area contributed by atoms with Crippen molar-refractivity contribution < 1.29 is 18.4 Å². The Balaban J connectivity index is 1.44. The highest BCUT2D eigenvalue weighted by molar-refractivity contribution is 6.02. The number of rotatable bonds is 5. The third-order valence-corrected chi connectivity index (χ3v) is 4.90. The van der Waals surface area contributed by atoms with E-state index < -0.39 is 5.97 Å². The fraction of sp³-hybridized carbons (Fsp3) is 0.0417. The number of benzene rings is 3. The molecule has 0 fully saturated rings. The molecular weight excluding hydrogens is 427 g/mol. The number of carbonyl (C=O) groups excluding carboxylic acids is 1. The molecule has 0 aliphatic rings. The van der Waals surface area contributed by atoms with Gasteiger partial charge in [0.2, 0.25) is 5.82 Å². The lowest BCUT2D eigenvalue weighted by Crippen LogP contribution is -2.25. The number of esters is 1. The van der Waals surface area contributed by atoms with Crippen molar-refractivity contribution in [3.05, 3.63) is 107 Å². The molecule has 0 N–H and O–H groups in total. The molecule has 0 atom stereocenters. The van der Waals surface area contributed by atoms with E-state index in [1.807, 2.05) is 6.07 Å². The molecule has 0 saturated heterocycles. The van der Waals surface area contributed by atoms with Gasteiger partial charge in [0.05, 0.1) is 11.1 Å². The zero-order valence-electron chi connectivity index (χ0n) is 17.0. The Morgan fingerprint density at radius 2 is 1.64 bits per heavy atom. The summed E-state index contributed by atoms with van der Waals surface area (Å²) in [5.41, 5.74) is 0.699. The van der Waals surface area contributed by atoms with E-state index in [1.165, 1.54) is 24.3 Å². The van der Waals surface area contributed by atoms with Crippen LogP contribution in [0.15, 0.2) is 88.2 Å². The molecule has 0 aliphatic carbocycles. The van der Waals surface area contributed by atoms with Gasteiger partial charge >= 0.3 is 5.97 Å². The minimum absolute atomic E-state index is 0.0210. The minimum Gasteiger partial charge on any atom is -0.451 e. The fourth-order valence-corrected chi connectivity index (χ4v) is 3.31. The number of halogens is 1. The van der Waals surface area contributed by atoms with E-state index in [2.05, 4.69) is 15.2 Å². The number of carbonyl (C=O) groups is 1. The molecule has 8 nitrogen and oxygen atoms in total. The molecule has 0 saturated carbocycles. The van der Waals surface area contributed by atoms with Crippen LogP contribution in [0.25, 0.3) is 27.8 Å². The molecule has 9 heteroatoms. The second kappa shape index (κ2) is 8.46. The Hall–Kier alpha value is -4.66. The standard InChI is InChI=1S/C24H15FN4O4/c25-16-12-10-15(11-13-16)22-26-20(33-28-22)14-32-24(31)21-18-8-4-5-9-19(18)23(30)29(27-21)17-6-2-1-3-7-17/h1-13H,14H2. The van der Waals surface area contributed by atoms with E-state index in [0.29, 0.717) is 22.0 Å². The van der Waals surface area contributed by atoms with Crippen LogP contribution in [-0.2, 0) is 11.3 Å². The zero-order chi connectivity index (χ0) is 22.8. The van der Waals surface area contributed by atoms with Gasteiger partial charge in [-0.25, -0.2) is 9.18 Å². The van der Waals surface area contributed by atoms with Crippen molar-refractivity contribution in [3.8, 4) is 17.1 Å². The van der Waals surface area contributed by atoms with Crippen molar-refractivity contribution in [2.24, 2.45) is 0 Å². The van der Waals surface area contributed by atoms with Gasteiger partial charge in [0.25, 0.3) is 11.4 Å². The van der Waals surface area contributed by atoms with Crippen molar-refractivity contribution in [1.29, 1.82) is 0 Å². The largest absolute Gasteiger partial charge is 0.451 e. The van der Waals surface area contributed by atoms with Gasteiger partial charge in [-0.3, -0.25) is 4.79 Å². The van der Waals surface area contributed by atoms with Crippen LogP contribution >= 0.6 is 0 Å². The van der Waals surface area contributed by atoms with Gasteiger partial charge in [0.1, 0.15) is 5.82 Å². The third kappa shape index (κ3) is 3.99. The quantitative estimate of drug-likeness (QED) is 0.380. The molecule has 0 bridgehead atoms. The van der Waals surface area contributed by atoms with E-state index in [4.69, 9.17) is 9.26 Å². The first-order valence-electron chi connectivity index (χ1n) is 9.93. The maximum Gasteiger partial charge on any atom is 0.359 e. The highest BCUT2D eigenvalue weighted by Crippen LogP contribution is 2.18. The van der Waals surface area contributed by atoms with Crippen LogP contribution in [0.4, 0.5) is 4.39 Å². The van der Waals surface area contributed by atoms with Gasteiger partial charge in [-0.15, -0.1) is 0 Å². The summed E-state index contributed by atoms with van der Waals surface area (Å²) in [6, 6.07) is 21.1. The highest BCUT2D eigenvalue weighted by Gasteiger charge is 2.20. The molecule has 5 rings (SSSR count). The van der Waals surface area contributed by atoms with Gasteiger partial charge in [0, 0.05) is 10.9 Å². The summed E-state index contributed by atoms with van der Waals surface area (Å²) in [5, 5.41) is 8.80. The molecule has 2 aromatic heterocycles. The van der Waals surface area contributed by atoms with Gasteiger partial charge < -0.3 is 9.26 Å². The Bertz CT molecular complexity index is 1510. The fourth-order valence-electron chi connectivity index (χ4n) is 3.31. The predicted octanol–water partition coefficient (Wildman–Crippen LogP) is 3.93. The van der Waals surface area contributed by atoms with E-state index in [1.54, 1.807) is 48.5 Å². The Kier molecular flexibility index (Phi) is 5.19. The van der Waals surface area contributed by atoms with E-state index >= 15 is 0 Å². The Morgan fingerprint density at radius 1 is 0.939 bits per heavy atom. The van der Waals surface area contributed by atoms with Crippen LogP contribution < -0.4 is 5.56 Å². The maximum atomic E-state index is 13.1. The molecule has 162 valence electrons. The average Bonchev–Trinajstić information content (AvgIpc) is 3.33. The number of fused-ring (bicyclic) bond motifs is 1. The van der Waals surface area contributed by atoms with E-state index in [9.17, 15) is 14.0 Å². The number of nitrogens with zero attached hydrogens (tertiary/aromatic N) is 4. The molecular formula is C24H15FN4O4. The Morgan fingerprint density at radius 3 is 2.39 bits per heavy atom. The van der Waals surface area contributed by atoms with Gasteiger partial charge in [-0.1, -0.05) is 41.6 Å². The van der Waals surface area contributed by atoms with E-state index in [-0.39, 0.29) is 35.4 Å². The van der Waals surface area contributed by atoms with Crippen LogP contribution in [0.2, 0.25) is 0 Å². The summed E-state index contributed by atoms with van der Waals surface area (Å²) in [4.78, 5) is 30.0. The normalized spacial score (nSPS) is 10.9. The summed E-state index contributed by atoms with van der Waals surface area (Å²) >= 11 is 0. The first kappa shape index (κ1) is 20.3. The lowest BCUT2D eigenvalue weighted by molar-refractivity contribution is 0.0423. The summed E-state index contributed by atoms with van der Waals surface area (Å²) in [7, 11) is 0. The first-order valence-corrected chi connectivity index (χ1v) is 9.93. The number of ether oxygens (including phenoxy) is 1. The number of aromatic nitrogens is 4. The second-order valence-corrected chi connectivity index (χ2v) is 7.04. The molecule has 0 amide bonds. The Labute approximate surface area is 185 Å². The van der Waals surface area contributed by atoms with Crippen LogP contribution in [0.1, 0.15) is 16.4 Å². The van der Waals surface area contributed by atoms with Crippen LogP contribution in [0.5, 0.6) is 0 Å². The lowest BCUT2D eigenvalue weighted by Gasteiger charge is -2.10. The van der Waals surface area contributed by atoms with Crippen molar-refractivity contribution in [1.82, 2.24) is 19.9 Å². The SMILES string of the molecule is O=C(OCc1nc(-c2ccc(F)cc2)no1)c1nn(-c2ccccc2)c(=O)c2ccccc12. The summed E-state index contributed by atoms with van der Waals surface area (Å²) in [5.74, 6) is -0.837. The molecule has 3 aromatic carbocycles. The van der Waals surface area contributed by atoms with Crippen molar-refractivity contribution >= 4 is 16.7 Å². The van der Waals surface area contributed by atoms with Crippen molar-refractivity contribution in [3.63, 3.8) is 0 Å². The zero-order valence-corrected chi connectivity index (χ0v) is 17.0. The third-order valence-electron chi connectivity index (χ3n) is 4.90. The highest BCUT2D eigenvalue weighted by atomic mass is 19.1. The molecule has 0 aliphatic heterocycles. The molecule has 0 spiro atoms. The minimum atomic E-state index is -0.752. The molecule has 0 unspecified atom stereocenters. The van der Waals surface area contributed by atoms with Crippen LogP contribution in [0.3, 0.4) is 0 Å². The second-order valence-electron chi connectivity index (χ2n) is 7.04. The molecule has 0 radical (unpaired) electrons. The summed E-state index contributed by atoms with van der Waals surface area (Å²) in [6.45, 7) is -0.298. The molecule has 33 heavy (non-hydrogen) atoms. The summed E-state index contributed by atoms with van der Waals surface area (Å²) in [6.07, 6.45) is 0. The summed E-state index contributed by atoms with van der Waals surface area (Å²) < 4.78 is 24.7. The maximum absolute atomic E-state index is 13.1. The topological polar surface area (TPSA) is 100 Å². The molecule has 2 heterocycles. The van der Waals surface area contributed by atoms with Crippen molar-refractivity contribution in [2.75, 3.05) is 0 Å². The smallest absolute Gasteiger partial charge is 0.359 e. The monoisotopic (exact) mass is 442 g/mol. The van der Waals surface area contributed by atoms with Crippen LogP contribution in [0, 0.1) is 5.82 Å². The predicted molar refractivity (Wildman–Crippen MR) is 116 cm³/mol. The van der Waals surface area contributed by atoms with Crippen LogP contribution in [-0.4, -0.2) is 25.9 Å². The van der Waals surface area contributed by atoms with Crippen molar-refractivity contribution in [2.45, 2.75) is 6.61 Å². The van der Waals surface area contributed by atoms with E-state index in [0.717, 1.165) is 4.68 Å². The number of para-hydroxylation sites is 1. The number of hydrogen-bond donors (Lipinski definition) is 0. The van der Waals surface area contributed by atoms with Gasteiger partial charge in [0.15, 0.2) is 12.3 Å². The number of hydrogen-bond acceptors (Lipinski definition) is 7. The first-order chi connectivity index (χ1) is 16.1. The van der Waals surface area contributed by atoms with Gasteiger partial charge in [-0.2, -0.15) is 14.8 Å². The molecule has 5 aromatic rings. The average molecular weight is 442 g/mol. The lowest BCUT2D eigenvalue weighted by atomic mass is 10.1. The van der Waals surface area contributed by atoms with Gasteiger partial charge in [-0.05, 0) is 42.5 Å².